The molecule has 0 unspecified atom stereocenters. The molecule has 2 aliphatic rings. The summed E-state index contributed by atoms with van der Waals surface area (Å²) in [6, 6.07) is 69.7. The Balaban J connectivity index is 1.17. The van der Waals surface area contributed by atoms with Crippen LogP contribution in [0.3, 0.4) is 0 Å². The predicted octanol–water partition coefficient (Wildman–Crippen LogP) is 13.0. The number of para-hydroxylation sites is 1. The Hall–Kier alpha value is -6.44. The van der Waals surface area contributed by atoms with Gasteiger partial charge in [-0.1, -0.05) is 152 Å². The third-order valence-corrected chi connectivity index (χ3v) is 11.2. The second kappa shape index (κ2) is 10.3. The summed E-state index contributed by atoms with van der Waals surface area (Å²) in [5.74, 6) is 0. The molecule has 0 N–H and O–H groups in total. The number of hydrogen-bond acceptors (Lipinski definition) is 1. The highest BCUT2D eigenvalue weighted by atomic mass is 15.1. The van der Waals surface area contributed by atoms with Gasteiger partial charge in [-0.2, -0.15) is 0 Å². The zero-order chi connectivity index (χ0) is 32.8. The number of fused-ring (bicyclic) bond motifs is 16. The lowest BCUT2D eigenvalue weighted by atomic mass is 9.70. The van der Waals surface area contributed by atoms with Crippen molar-refractivity contribution < 1.29 is 0 Å². The minimum Gasteiger partial charge on any atom is -0.310 e. The highest BCUT2D eigenvalue weighted by Crippen LogP contribution is 2.63. The molecule has 0 aromatic heterocycles. The van der Waals surface area contributed by atoms with Crippen LogP contribution >= 0.6 is 0 Å². The smallest absolute Gasteiger partial charge is 0.0725 e. The van der Waals surface area contributed by atoms with E-state index in [1.54, 1.807) is 0 Å². The van der Waals surface area contributed by atoms with Gasteiger partial charge >= 0.3 is 0 Å². The van der Waals surface area contributed by atoms with Crippen LogP contribution in [0.15, 0.2) is 188 Å². The van der Waals surface area contributed by atoms with Crippen LogP contribution in [0.5, 0.6) is 0 Å². The number of rotatable bonds is 3. The Bertz CT molecular complexity index is 2750. The van der Waals surface area contributed by atoms with E-state index in [1.807, 2.05) is 0 Å². The molecule has 11 rings (SSSR count). The Kier molecular flexibility index (Phi) is 5.66. The molecule has 0 bridgehead atoms. The maximum Gasteiger partial charge on any atom is 0.0725 e. The molecular formula is C49H31N. The standard InChI is InChI=1S/C49H31N/c1-2-14-32(15-3-1)50(33-26-28-39-37-18-5-4-16-35(37)36-17-6-7-19-38(36)43(39)30-33)34-27-29-48-44(31-34)42-22-10-13-25-47(42)49(48)45-23-11-8-20-40(45)41-21-9-12-24-46(41)49/h1-31H. The van der Waals surface area contributed by atoms with Crippen molar-refractivity contribution in [2.45, 2.75) is 5.41 Å². The zero-order valence-electron chi connectivity index (χ0n) is 27.3. The van der Waals surface area contributed by atoms with Gasteiger partial charge in [-0.15, -0.1) is 0 Å². The van der Waals surface area contributed by atoms with Crippen LogP contribution in [0.4, 0.5) is 17.1 Å². The first-order valence-electron chi connectivity index (χ1n) is 17.4. The minimum absolute atomic E-state index is 0.349. The Morgan fingerprint density at radius 1 is 0.260 bits per heavy atom. The summed E-state index contributed by atoms with van der Waals surface area (Å²) in [6.07, 6.45) is 0. The highest BCUT2D eigenvalue weighted by Gasteiger charge is 2.51. The van der Waals surface area contributed by atoms with E-state index in [4.69, 9.17) is 0 Å². The van der Waals surface area contributed by atoms with Crippen molar-refractivity contribution >= 4 is 49.4 Å². The molecule has 0 fully saturated rings. The average Bonchev–Trinajstić information content (AvgIpc) is 3.66. The van der Waals surface area contributed by atoms with E-state index in [0.717, 1.165) is 17.1 Å². The second-order valence-corrected chi connectivity index (χ2v) is 13.6. The lowest BCUT2D eigenvalue weighted by Crippen LogP contribution is -2.25. The number of nitrogens with zero attached hydrogens (tertiary/aromatic N) is 1. The first-order chi connectivity index (χ1) is 24.8. The van der Waals surface area contributed by atoms with Gasteiger partial charge in [0.1, 0.15) is 0 Å². The molecule has 1 heteroatoms. The van der Waals surface area contributed by atoms with Gasteiger partial charge < -0.3 is 4.90 Å². The van der Waals surface area contributed by atoms with Crippen LogP contribution in [0.25, 0.3) is 54.6 Å². The van der Waals surface area contributed by atoms with E-state index in [2.05, 4.69) is 193 Å². The van der Waals surface area contributed by atoms with Gasteiger partial charge in [0.15, 0.2) is 0 Å². The van der Waals surface area contributed by atoms with Crippen LogP contribution in [-0.2, 0) is 5.41 Å². The topological polar surface area (TPSA) is 3.24 Å². The summed E-state index contributed by atoms with van der Waals surface area (Å²) >= 11 is 0. The first-order valence-corrected chi connectivity index (χ1v) is 17.4. The zero-order valence-corrected chi connectivity index (χ0v) is 27.3. The van der Waals surface area contributed by atoms with Crippen molar-refractivity contribution in [2.75, 3.05) is 4.90 Å². The van der Waals surface area contributed by atoms with Crippen molar-refractivity contribution in [2.24, 2.45) is 0 Å². The maximum absolute atomic E-state index is 2.43. The molecule has 0 saturated heterocycles. The fourth-order valence-electron chi connectivity index (χ4n) is 9.29. The van der Waals surface area contributed by atoms with Gasteiger partial charge in [0.25, 0.3) is 0 Å². The van der Waals surface area contributed by atoms with E-state index in [1.165, 1.54) is 76.8 Å². The van der Waals surface area contributed by atoms with Crippen LogP contribution in [0.2, 0.25) is 0 Å². The molecular weight excluding hydrogens is 603 g/mol. The Morgan fingerprint density at radius 3 is 1.24 bits per heavy atom. The fourth-order valence-corrected chi connectivity index (χ4v) is 9.29. The molecule has 50 heavy (non-hydrogen) atoms. The quantitative estimate of drug-likeness (QED) is 0.175. The summed E-state index contributed by atoms with van der Waals surface area (Å²) < 4.78 is 0. The van der Waals surface area contributed by atoms with Gasteiger partial charge in [0.2, 0.25) is 0 Å². The van der Waals surface area contributed by atoms with E-state index >= 15 is 0 Å². The molecule has 0 saturated carbocycles. The fraction of sp³-hybridized carbons (Fsp3) is 0.0204. The molecule has 232 valence electrons. The maximum atomic E-state index is 2.43. The third kappa shape index (κ3) is 3.56. The van der Waals surface area contributed by atoms with Gasteiger partial charge in [0.05, 0.1) is 5.41 Å². The lowest BCUT2D eigenvalue weighted by Gasteiger charge is -2.31. The minimum atomic E-state index is -0.349. The van der Waals surface area contributed by atoms with E-state index in [9.17, 15) is 0 Å². The SMILES string of the molecule is c1ccc(N(c2ccc3c(c2)-c2ccccc2C32c3ccccc3-c3ccccc32)c2ccc3c4ccccc4c4ccccc4c3c2)cc1. The summed E-state index contributed by atoms with van der Waals surface area (Å²) in [6.45, 7) is 0. The summed E-state index contributed by atoms with van der Waals surface area (Å²) in [5.41, 5.74) is 13.8. The molecule has 2 aliphatic carbocycles. The molecule has 0 radical (unpaired) electrons. The lowest BCUT2D eigenvalue weighted by molar-refractivity contribution is 0.794. The first kappa shape index (κ1) is 27.5. The predicted molar refractivity (Wildman–Crippen MR) is 210 cm³/mol. The molecule has 9 aromatic carbocycles. The van der Waals surface area contributed by atoms with Crippen LogP contribution in [0, 0.1) is 0 Å². The Morgan fingerprint density at radius 2 is 0.660 bits per heavy atom. The highest BCUT2D eigenvalue weighted by molar-refractivity contribution is 6.25. The third-order valence-electron chi connectivity index (χ3n) is 11.2. The Labute approximate surface area is 291 Å². The molecule has 1 spiro atoms. The van der Waals surface area contributed by atoms with E-state index in [-0.39, 0.29) is 5.41 Å². The summed E-state index contributed by atoms with van der Waals surface area (Å²) in [5, 5.41) is 7.69. The number of hydrogen-bond donors (Lipinski definition) is 0. The summed E-state index contributed by atoms with van der Waals surface area (Å²) in [7, 11) is 0. The molecule has 9 aromatic rings. The van der Waals surface area contributed by atoms with Crippen molar-refractivity contribution in [1.82, 2.24) is 0 Å². The van der Waals surface area contributed by atoms with Crippen molar-refractivity contribution in [3.05, 3.63) is 210 Å². The normalized spacial score (nSPS) is 13.4. The van der Waals surface area contributed by atoms with Gasteiger partial charge in [-0.25, -0.2) is 0 Å². The van der Waals surface area contributed by atoms with Crippen LogP contribution in [-0.4, -0.2) is 0 Å². The average molecular weight is 634 g/mol. The molecule has 0 atom stereocenters. The number of benzene rings is 9. The molecule has 0 heterocycles. The molecule has 1 nitrogen and oxygen atoms in total. The van der Waals surface area contributed by atoms with Crippen molar-refractivity contribution in [3.63, 3.8) is 0 Å². The van der Waals surface area contributed by atoms with Gasteiger partial charge in [0, 0.05) is 17.1 Å². The van der Waals surface area contributed by atoms with Crippen LogP contribution in [0.1, 0.15) is 22.3 Å². The van der Waals surface area contributed by atoms with E-state index < -0.39 is 0 Å². The van der Waals surface area contributed by atoms with Gasteiger partial charge in [-0.3, -0.25) is 0 Å². The van der Waals surface area contributed by atoms with Crippen molar-refractivity contribution in [3.8, 4) is 22.3 Å². The monoisotopic (exact) mass is 633 g/mol. The second-order valence-electron chi connectivity index (χ2n) is 13.6. The summed E-state index contributed by atoms with van der Waals surface area (Å²) in [4.78, 5) is 2.42. The molecule has 0 amide bonds. The van der Waals surface area contributed by atoms with Crippen molar-refractivity contribution in [1.29, 1.82) is 0 Å². The van der Waals surface area contributed by atoms with Crippen LogP contribution < -0.4 is 4.90 Å². The largest absolute Gasteiger partial charge is 0.310 e. The van der Waals surface area contributed by atoms with E-state index in [0.29, 0.717) is 0 Å². The number of anilines is 3. The molecule has 0 aliphatic heterocycles. The van der Waals surface area contributed by atoms with Gasteiger partial charge in [-0.05, 0) is 113 Å².